The summed E-state index contributed by atoms with van der Waals surface area (Å²) in [6.07, 6.45) is 0.638. The SMILES string of the molecule is Cc1ccc(OCc2ccc(Cc3cc(OC=O)c(NC(=O)c4ccc(Oc5ccccc5)cc4)cc3C(C)C)cc2)cc1. The number of nitrogens with one attached hydrogen (secondary N) is 1. The minimum atomic E-state index is -0.321. The summed E-state index contributed by atoms with van der Waals surface area (Å²) in [5, 5.41) is 2.93. The molecule has 0 aliphatic carbocycles. The minimum absolute atomic E-state index is 0.169. The van der Waals surface area contributed by atoms with Crippen LogP contribution in [-0.2, 0) is 17.8 Å². The van der Waals surface area contributed by atoms with Crippen molar-refractivity contribution in [1.82, 2.24) is 0 Å². The van der Waals surface area contributed by atoms with Crippen LogP contribution < -0.4 is 19.5 Å². The first-order valence-corrected chi connectivity index (χ1v) is 14.6. The van der Waals surface area contributed by atoms with Crippen LogP contribution in [0.3, 0.4) is 0 Å². The zero-order chi connectivity index (χ0) is 30.9. The van der Waals surface area contributed by atoms with Crippen LogP contribution in [-0.4, -0.2) is 12.4 Å². The van der Waals surface area contributed by atoms with E-state index in [1.165, 1.54) is 5.56 Å². The van der Waals surface area contributed by atoms with Gasteiger partial charge in [0.2, 0.25) is 0 Å². The molecule has 0 unspecified atom stereocenters. The summed E-state index contributed by atoms with van der Waals surface area (Å²) in [6, 6.07) is 36.3. The van der Waals surface area contributed by atoms with Gasteiger partial charge >= 0.3 is 0 Å². The maximum atomic E-state index is 13.2. The molecule has 5 aromatic rings. The van der Waals surface area contributed by atoms with Gasteiger partial charge in [0.1, 0.15) is 23.9 Å². The molecule has 0 radical (unpaired) electrons. The van der Waals surface area contributed by atoms with Gasteiger partial charge in [0.05, 0.1) is 5.69 Å². The molecule has 0 bridgehead atoms. The van der Waals surface area contributed by atoms with Crippen molar-refractivity contribution in [2.45, 2.75) is 39.7 Å². The van der Waals surface area contributed by atoms with E-state index < -0.39 is 0 Å². The summed E-state index contributed by atoms with van der Waals surface area (Å²) >= 11 is 0. The normalized spacial score (nSPS) is 10.7. The first-order valence-electron chi connectivity index (χ1n) is 14.6. The molecule has 5 aromatic carbocycles. The maximum Gasteiger partial charge on any atom is 0.298 e. The average molecular weight is 586 g/mol. The predicted octanol–water partition coefficient (Wildman–Crippen LogP) is 8.87. The molecule has 5 rings (SSSR count). The lowest BCUT2D eigenvalue weighted by atomic mass is 9.91. The monoisotopic (exact) mass is 585 g/mol. The van der Waals surface area contributed by atoms with Crippen molar-refractivity contribution in [3.05, 3.63) is 149 Å². The molecule has 0 heterocycles. The number of carbonyl (C=O) groups excluding carboxylic acids is 2. The number of aryl methyl sites for hydroxylation is 1. The van der Waals surface area contributed by atoms with Crippen LogP contribution in [0.5, 0.6) is 23.0 Å². The van der Waals surface area contributed by atoms with E-state index in [-0.39, 0.29) is 11.8 Å². The topological polar surface area (TPSA) is 73.9 Å². The second-order valence-corrected chi connectivity index (χ2v) is 10.9. The van der Waals surface area contributed by atoms with Crippen molar-refractivity contribution >= 4 is 18.1 Å². The number of rotatable bonds is 12. The number of hydrogen-bond donors (Lipinski definition) is 1. The number of amides is 1. The van der Waals surface area contributed by atoms with Crippen LogP contribution in [0, 0.1) is 6.92 Å². The molecule has 0 atom stereocenters. The van der Waals surface area contributed by atoms with E-state index in [2.05, 4.69) is 43.4 Å². The third-order valence-electron chi connectivity index (χ3n) is 7.23. The van der Waals surface area contributed by atoms with Gasteiger partial charge in [-0.2, -0.15) is 0 Å². The lowest BCUT2D eigenvalue weighted by molar-refractivity contribution is -0.120. The Labute approximate surface area is 258 Å². The first-order chi connectivity index (χ1) is 21.4. The molecule has 0 aliphatic rings. The summed E-state index contributed by atoms with van der Waals surface area (Å²) in [6.45, 7) is 7.11. The van der Waals surface area contributed by atoms with E-state index in [9.17, 15) is 9.59 Å². The highest BCUT2D eigenvalue weighted by Crippen LogP contribution is 2.34. The van der Waals surface area contributed by atoms with Crippen LogP contribution in [0.2, 0.25) is 0 Å². The molecule has 6 nitrogen and oxygen atoms in total. The molecular formula is C38H35NO5. The van der Waals surface area contributed by atoms with Crippen LogP contribution >= 0.6 is 0 Å². The Kier molecular flexibility index (Phi) is 9.72. The fraction of sp³-hybridized carbons (Fsp3) is 0.158. The summed E-state index contributed by atoms with van der Waals surface area (Å²) in [4.78, 5) is 24.6. The van der Waals surface area contributed by atoms with E-state index in [0.717, 1.165) is 28.0 Å². The highest BCUT2D eigenvalue weighted by atomic mass is 16.5. The van der Waals surface area contributed by atoms with Gasteiger partial charge in [-0.05, 0) is 102 Å². The average Bonchev–Trinajstić information content (AvgIpc) is 3.03. The van der Waals surface area contributed by atoms with Crippen molar-refractivity contribution in [3.63, 3.8) is 0 Å². The number of benzene rings is 5. The first kappa shape index (κ1) is 30.1. The number of anilines is 1. The third kappa shape index (κ3) is 7.92. The molecule has 0 fully saturated rings. The Balaban J connectivity index is 1.29. The van der Waals surface area contributed by atoms with Crippen molar-refractivity contribution in [2.75, 3.05) is 5.32 Å². The molecule has 0 aliphatic heterocycles. The van der Waals surface area contributed by atoms with Gasteiger partial charge in [0.15, 0.2) is 5.75 Å². The molecule has 0 saturated heterocycles. The second kappa shape index (κ2) is 14.2. The predicted molar refractivity (Wildman–Crippen MR) is 173 cm³/mol. The van der Waals surface area contributed by atoms with Gasteiger partial charge in [-0.3, -0.25) is 9.59 Å². The zero-order valence-electron chi connectivity index (χ0n) is 25.1. The van der Waals surface area contributed by atoms with Gasteiger partial charge in [-0.25, -0.2) is 0 Å². The molecule has 44 heavy (non-hydrogen) atoms. The number of para-hydroxylation sites is 1. The lowest BCUT2D eigenvalue weighted by Crippen LogP contribution is -2.14. The van der Waals surface area contributed by atoms with Gasteiger partial charge in [-0.1, -0.05) is 74.0 Å². The van der Waals surface area contributed by atoms with Gasteiger partial charge in [-0.15, -0.1) is 0 Å². The fourth-order valence-corrected chi connectivity index (χ4v) is 4.84. The van der Waals surface area contributed by atoms with Crippen molar-refractivity contribution in [1.29, 1.82) is 0 Å². The Morgan fingerprint density at radius 1 is 0.773 bits per heavy atom. The van der Waals surface area contributed by atoms with Crippen molar-refractivity contribution < 1.29 is 23.8 Å². The van der Waals surface area contributed by atoms with E-state index in [1.807, 2.05) is 73.7 Å². The molecule has 1 amide bonds. The summed E-state index contributed by atoms with van der Waals surface area (Å²) in [5.74, 6) is 2.31. The molecule has 222 valence electrons. The minimum Gasteiger partial charge on any atom is -0.489 e. The zero-order valence-corrected chi connectivity index (χ0v) is 25.1. The molecule has 0 spiro atoms. The Morgan fingerprint density at radius 3 is 2.07 bits per heavy atom. The van der Waals surface area contributed by atoms with Crippen LogP contribution in [0.1, 0.15) is 57.9 Å². The highest BCUT2D eigenvalue weighted by molar-refractivity contribution is 6.05. The van der Waals surface area contributed by atoms with Crippen molar-refractivity contribution in [2.24, 2.45) is 0 Å². The van der Waals surface area contributed by atoms with Gasteiger partial charge in [0.25, 0.3) is 12.4 Å². The smallest absolute Gasteiger partial charge is 0.298 e. The number of ether oxygens (including phenoxy) is 3. The quantitative estimate of drug-likeness (QED) is 0.148. The van der Waals surface area contributed by atoms with Crippen LogP contribution in [0.25, 0.3) is 0 Å². The Bertz CT molecular complexity index is 1690. The second-order valence-electron chi connectivity index (χ2n) is 10.9. The van der Waals surface area contributed by atoms with Gasteiger partial charge in [0, 0.05) is 5.56 Å². The third-order valence-corrected chi connectivity index (χ3v) is 7.23. The standard InChI is InChI=1S/C38H35NO5/c1-26(2)35-23-36(39-38(41)30-15-19-34(20-16-30)44-33-7-5-4-6-8-33)37(43-25-40)22-31(35)21-28-11-13-29(14-12-28)24-42-32-17-9-27(3)10-18-32/h4-20,22-23,25-26H,21,24H2,1-3H3,(H,39,41). The Morgan fingerprint density at radius 2 is 1.41 bits per heavy atom. The van der Waals surface area contributed by atoms with Crippen LogP contribution in [0.15, 0.2) is 115 Å². The van der Waals surface area contributed by atoms with E-state index in [0.29, 0.717) is 48.0 Å². The summed E-state index contributed by atoms with van der Waals surface area (Å²) in [5.41, 5.74) is 6.32. The Hall–Kier alpha value is -5.36. The van der Waals surface area contributed by atoms with E-state index >= 15 is 0 Å². The maximum absolute atomic E-state index is 13.2. The van der Waals surface area contributed by atoms with Crippen molar-refractivity contribution in [3.8, 4) is 23.0 Å². The molecule has 0 aromatic heterocycles. The molecule has 1 N–H and O–H groups in total. The summed E-state index contributed by atoms with van der Waals surface area (Å²) < 4.78 is 17.1. The van der Waals surface area contributed by atoms with E-state index in [1.54, 1.807) is 24.3 Å². The number of hydrogen-bond acceptors (Lipinski definition) is 5. The molecule has 0 saturated carbocycles. The summed E-state index contributed by atoms with van der Waals surface area (Å²) in [7, 11) is 0. The lowest BCUT2D eigenvalue weighted by Gasteiger charge is -2.18. The van der Waals surface area contributed by atoms with E-state index in [4.69, 9.17) is 14.2 Å². The van der Waals surface area contributed by atoms with Gasteiger partial charge < -0.3 is 19.5 Å². The molecule has 6 heteroatoms. The fourth-order valence-electron chi connectivity index (χ4n) is 4.84. The molecular weight excluding hydrogens is 550 g/mol. The largest absolute Gasteiger partial charge is 0.489 e. The van der Waals surface area contributed by atoms with Crippen LogP contribution in [0.4, 0.5) is 5.69 Å². The highest BCUT2D eigenvalue weighted by Gasteiger charge is 2.17. The number of carbonyl (C=O) groups is 2.